The molecule has 2 aromatic carbocycles. The van der Waals surface area contributed by atoms with Crippen molar-refractivity contribution >= 4 is 11.7 Å². The molecule has 2 rings (SSSR count). The Hall–Kier alpha value is -2.29. The summed E-state index contributed by atoms with van der Waals surface area (Å²) < 4.78 is 0. The van der Waals surface area contributed by atoms with Crippen LogP contribution in [0.1, 0.15) is 36.2 Å². The van der Waals surface area contributed by atoms with Crippen LogP contribution in [0.25, 0.3) is 0 Å². The lowest BCUT2D eigenvalue weighted by atomic mass is 9.95. The number of hydrogen-bond donors (Lipinski definition) is 2. The maximum Gasteiger partial charge on any atom is 0.335 e. The van der Waals surface area contributed by atoms with Crippen molar-refractivity contribution in [2.24, 2.45) is 0 Å². The summed E-state index contributed by atoms with van der Waals surface area (Å²) >= 11 is 0. The van der Waals surface area contributed by atoms with Crippen molar-refractivity contribution in [3.8, 4) is 0 Å². The molecular weight excluding hydrogens is 262 g/mol. The fourth-order valence-corrected chi connectivity index (χ4v) is 2.28. The third-order valence-corrected chi connectivity index (χ3v) is 3.47. The van der Waals surface area contributed by atoms with Crippen molar-refractivity contribution < 1.29 is 9.90 Å². The molecule has 0 saturated heterocycles. The Morgan fingerprint density at radius 2 is 1.81 bits per heavy atom. The summed E-state index contributed by atoms with van der Waals surface area (Å²) in [6, 6.07) is 17.3. The summed E-state index contributed by atoms with van der Waals surface area (Å²) in [5.41, 5.74) is 2.35. The number of carboxylic acid groups (broad SMARTS) is 1. The molecule has 3 nitrogen and oxygen atoms in total. The lowest BCUT2D eigenvalue weighted by molar-refractivity contribution is 0.0697. The number of carbonyl (C=O) groups is 1. The van der Waals surface area contributed by atoms with Crippen molar-refractivity contribution in [1.82, 2.24) is 0 Å². The van der Waals surface area contributed by atoms with E-state index >= 15 is 0 Å². The molecule has 0 bridgehead atoms. The lowest BCUT2D eigenvalue weighted by Gasteiger charge is -2.28. The molecule has 0 aliphatic rings. The lowest BCUT2D eigenvalue weighted by Crippen LogP contribution is -2.31. The molecule has 0 saturated carbocycles. The Morgan fingerprint density at radius 3 is 2.48 bits per heavy atom. The normalized spacial score (nSPS) is 11.1. The Morgan fingerprint density at radius 1 is 1.10 bits per heavy atom. The van der Waals surface area contributed by atoms with Crippen molar-refractivity contribution in [2.45, 2.75) is 32.2 Å². The predicted octanol–water partition coefficient (Wildman–Crippen LogP) is 4.21. The third kappa shape index (κ3) is 4.63. The molecule has 2 N–H and O–H groups in total. The zero-order valence-corrected chi connectivity index (χ0v) is 12.5. The average molecular weight is 283 g/mol. The fraction of sp³-hybridized carbons (Fsp3) is 0.278. The Labute approximate surface area is 125 Å². The first-order valence-electron chi connectivity index (χ1n) is 7.12. The molecule has 0 fully saturated rings. The highest BCUT2D eigenvalue weighted by Gasteiger charge is 2.17. The van der Waals surface area contributed by atoms with Crippen LogP contribution in [-0.4, -0.2) is 16.6 Å². The van der Waals surface area contributed by atoms with E-state index < -0.39 is 5.97 Å². The largest absolute Gasteiger partial charge is 0.478 e. The molecule has 0 amide bonds. The zero-order chi connectivity index (χ0) is 15.3. The van der Waals surface area contributed by atoms with Crippen LogP contribution in [0.15, 0.2) is 54.6 Å². The summed E-state index contributed by atoms with van der Waals surface area (Å²) in [5.74, 6) is -0.902. The molecule has 0 aliphatic heterocycles. The summed E-state index contributed by atoms with van der Waals surface area (Å²) in [4.78, 5) is 11.0. The highest BCUT2D eigenvalue weighted by molar-refractivity contribution is 5.88. The number of aryl methyl sites for hydroxylation is 1. The minimum atomic E-state index is -0.902. The van der Waals surface area contributed by atoms with Gasteiger partial charge in [-0.05, 0) is 50.5 Å². The molecule has 3 heteroatoms. The molecule has 0 unspecified atom stereocenters. The van der Waals surface area contributed by atoms with Crippen LogP contribution in [0.2, 0.25) is 0 Å². The summed E-state index contributed by atoms with van der Waals surface area (Å²) in [6.45, 7) is 4.26. The van der Waals surface area contributed by atoms with Crippen molar-refractivity contribution in [3.05, 3.63) is 65.7 Å². The van der Waals surface area contributed by atoms with E-state index in [2.05, 4.69) is 31.3 Å². The van der Waals surface area contributed by atoms with Crippen LogP contribution in [0, 0.1) is 0 Å². The van der Waals surface area contributed by atoms with Crippen molar-refractivity contribution in [2.75, 3.05) is 5.32 Å². The summed E-state index contributed by atoms with van der Waals surface area (Å²) in [5, 5.41) is 12.5. The second-order valence-electron chi connectivity index (χ2n) is 5.88. The number of benzene rings is 2. The number of nitrogens with one attached hydrogen (secondary N) is 1. The van der Waals surface area contributed by atoms with Gasteiger partial charge in [0.1, 0.15) is 0 Å². The predicted molar refractivity (Wildman–Crippen MR) is 85.9 cm³/mol. The van der Waals surface area contributed by atoms with Gasteiger partial charge in [-0.2, -0.15) is 0 Å². The first-order valence-corrected chi connectivity index (χ1v) is 7.12. The van der Waals surface area contributed by atoms with Gasteiger partial charge in [0.25, 0.3) is 0 Å². The van der Waals surface area contributed by atoms with Gasteiger partial charge in [-0.3, -0.25) is 0 Å². The molecule has 0 atom stereocenters. The van der Waals surface area contributed by atoms with E-state index in [0.29, 0.717) is 5.56 Å². The second-order valence-corrected chi connectivity index (χ2v) is 5.88. The van der Waals surface area contributed by atoms with Gasteiger partial charge >= 0.3 is 5.97 Å². The van der Waals surface area contributed by atoms with Gasteiger partial charge in [0.2, 0.25) is 0 Å². The van der Waals surface area contributed by atoms with Gasteiger partial charge < -0.3 is 10.4 Å². The van der Waals surface area contributed by atoms with E-state index in [1.807, 2.05) is 24.3 Å². The molecule has 21 heavy (non-hydrogen) atoms. The van der Waals surface area contributed by atoms with Crippen LogP contribution < -0.4 is 5.32 Å². The van der Waals surface area contributed by atoms with Gasteiger partial charge in [0.05, 0.1) is 5.56 Å². The van der Waals surface area contributed by atoms with Gasteiger partial charge in [0, 0.05) is 11.2 Å². The van der Waals surface area contributed by atoms with Crippen LogP contribution >= 0.6 is 0 Å². The molecule has 2 aromatic rings. The van der Waals surface area contributed by atoms with E-state index in [-0.39, 0.29) is 5.54 Å². The topological polar surface area (TPSA) is 49.3 Å². The van der Waals surface area contributed by atoms with Crippen LogP contribution in [-0.2, 0) is 6.42 Å². The minimum Gasteiger partial charge on any atom is -0.478 e. The first-order chi connectivity index (χ1) is 9.96. The van der Waals surface area contributed by atoms with Crippen molar-refractivity contribution in [3.63, 3.8) is 0 Å². The minimum absolute atomic E-state index is 0.104. The van der Waals surface area contributed by atoms with E-state index in [1.54, 1.807) is 18.2 Å². The molecule has 0 aromatic heterocycles. The molecule has 110 valence electrons. The molecular formula is C18H21NO2. The highest BCUT2D eigenvalue weighted by Crippen LogP contribution is 2.21. The maximum absolute atomic E-state index is 11.0. The maximum atomic E-state index is 11.0. The fourth-order valence-electron chi connectivity index (χ4n) is 2.28. The Kier molecular flexibility index (Phi) is 4.63. The number of hydrogen-bond acceptors (Lipinski definition) is 2. The van der Waals surface area contributed by atoms with Gasteiger partial charge in [0.15, 0.2) is 0 Å². The average Bonchev–Trinajstić information content (AvgIpc) is 2.46. The SMILES string of the molecule is CC(C)(CCc1ccccc1)Nc1cccc(C(=O)O)c1. The van der Waals surface area contributed by atoms with E-state index in [1.165, 1.54) is 5.56 Å². The summed E-state index contributed by atoms with van der Waals surface area (Å²) in [7, 11) is 0. The van der Waals surface area contributed by atoms with Crippen molar-refractivity contribution in [1.29, 1.82) is 0 Å². The smallest absolute Gasteiger partial charge is 0.335 e. The number of carboxylic acids is 1. The number of aromatic carboxylic acids is 1. The van der Waals surface area contributed by atoms with E-state index in [4.69, 9.17) is 5.11 Å². The van der Waals surface area contributed by atoms with Crippen LogP contribution in [0.4, 0.5) is 5.69 Å². The highest BCUT2D eigenvalue weighted by atomic mass is 16.4. The Balaban J connectivity index is 2.00. The first kappa shape index (κ1) is 15.1. The molecule has 0 heterocycles. The Bertz CT molecular complexity index is 606. The third-order valence-electron chi connectivity index (χ3n) is 3.47. The number of rotatable bonds is 6. The quantitative estimate of drug-likeness (QED) is 0.835. The summed E-state index contributed by atoms with van der Waals surface area (Å²) in [6.07, 6.45) is 1.95. The van der Waals surface area contributed by atoms with E-state index in [0.717, 1.165) is 18.5 Å². The van der Waals surface area contributed by atoms with E-state index in [9.17, 15) is 4.79 Å². The van der Waals surface area contributed by atoms with Gasteiger partial charge in [-0.25, -0.2) is 4.79 Å². The molecule has 0 radical (unpaired) electrons. The second kappa shape index (κ2) is 6.44. The van der Waals surface area contributed by atoms with Crippen LogP contribution in [0.3, 0.4) is 0 Å². The standard InChI is InChI=1S/C18H21NO2/c1-18(2,12-11-14-7-4-3-5-8-14)19-16-10-6-9-15(13-16)17(20)21/h3-10,13,19H,11-12H2,1-2H3,(H,20,21). The zero-order valence-electron chi connectivity index (χ0n) is 12.5. The molecule has 0 spiro atoms. The number of anilines is 1. The van der Waals surface area contributed by atoms with Crippen LogP contribution in [0.5, 0.6) is 0 Å². The van der Waals surface area contributed by atoms with Gasteiger partial charge in [-0.1, -0.05) is 36.4 Å². The van der Waals surface area contributed by atoms with Gasteiger partial charge in [-0.15, -0.1) is 0 Å². The monoisotopic (exact) mass is 283 g/mol. The molecule has 0 aliphatic carbocycles.